The molecule has 0 saturated heterocycles. The van der Waals surface area contributed by atoms with Gasteiger partial charge in [-0.15, -0.1) is 0 Å². The van der Waals surface area contributed by atoms with Crippen LogP contribution in [0.15, 0.2) is 18.3 Å². The first-order chi connectivity index (χ1) is 9.08. The van der Waals surface area contributed by atoms with Crippen LogP contribution in [0.4, 0.5) is 5.69 Å². The molecule has 1 N–H and O–H groups in total. The minimum absolute atomic E-state index is 0.494. The molecular weight excluding hydrogens is 238 g/mol. The summed E-state index contributed by atoms with van der Waals surface area (Å²) in [6.45, 7) is 7.85. The Bertz CT molecular complexity index is 408. The second-order valence-corrected chi connectivity index (χ2v) is 5.11. The maximum atomic E-state index is 9.73. The van der Waals surface area contributed by atoms with E-state index in [2.05, 4.69) is 29.8 Å². The first-order valence-corrected chi connectivity index (χ1v) is 6.84. The van der Waals surface area contributed by atoms with Gasteiger partial charge in [0.1, 0.15) is 0 Å². The van der Waals surface area contributed by atoms with E-state index in [0.717, 1.165) is 12.2 Å². The zero-order valence-electron chi connectivity index (χ0n) is 12.0. The molecule has 0 fully saturated rings. The lowest BCUT2D eigenvalue weighted by Gasteiger charge is -2.25. The Kier molecular flexibility index (Phi) is 6.31. The highest BCUT2D eigenvalue weighted by molar-refractivity contribution is 5.44. The van der Waals surface area contributed by atoms with Crippen molar-refractivity contribution in [2.24, 2.45) is 5.92 Å². The van der Waals surface area contributed by atoms with E-state index < -0.39 is 6.10 Å². The number of nitrogens with zero attached hydrogens (tertiary/aromatic N) is 3. The highest BCUT2D eigenvalue weighted by Crippen LogP contribution is 2.19. The Balaban J connectivity index is 2.81. The summed E-state index contributed by atoms with van der Waals surface area (Å²) in [6, 6.07) is 6.02. The first-order valence-electron chi connectivity index (χ1n) is 6.84. The number of hydrogen-bond donors (Lipinski definition) is 1. The summed E-state index contributed by atoms with van der Waals surface area (Å²) in [5.74, 6) is 0.527. The molecule has 0 aliphatic carbocycles. The molecule has 0 spiro atoms. The van der Waals surface area contributed by atoms with Gasteiger partial charge in [0.05, 0.1) is 36.2 Å². The molecule has 0 radical (unpaired) electrons. The summed E-state index contributed by atoms with van der Waals surface area (Å²) in [5, 5.41) is 18.4. The molecule has 0 aromatic carbocycles. The highest BCUT2D eigenvalue weighted by atomic mass is 16.3. The summed E-state index contributed by atoms with van der Waals surface area (Å²) < 4.78 is 0. The van der Waals surface area contributed by atoms with Crippen LogP contribution in [0.5, 0.6) is 0 Å². The SMILES string of the molecule is CCC(O)c1ccc(N(CCC#N)CC(C)C)cn1. The molecule has 1 unspecified atom stereocenters. The van der Waals surface area contributed by atoms with E-state index in [0.29, 0.717) is 31.0 Å². The molecule has 1 atom stereocenters. The quantitative estimate of drug-likeness (QED) is 0.820. The van der Waals surface area contributed by atoms with Crippen LogP contribution in [0.25, 0.3) is 0 Å². The largest absolute Gasteiger partial charge is 0.387 e. The van der Waals surface area contributed by atoms with E-state index in [1.807, 2.05) is 19.1 Å². The molecule has 19 heavy (non-hydrogen) atoms. The van der Waals surface area contributed by atoms with Crippen LogP contribution in [-0.4, -0.2) is 23.2 Å². The van der Waals surface area contributed by atoms with Gasteiger partial charge in [0.25, 0.3) is 0 Å². The van der Waals surface area contributed by atoms with Crippen molar-refractivity contribution >= 4 is 5.69 Å². The van der Waals surface area contributed by atoms with Gasteiger partial charge in [-0.2, -0.15) is 5.26 Å². The lowest BCUT2D eigenvalue weighted by molar-refractivity contribution is 0.169. The van der Waals surface area contributed by atoms with Crippen LogP contribution in [0.2, 0.25) is 0 Å². The van der Waals surface area contributed by atoms with E-state index in [4.69, 9.17) is 5.26 Å². The van der Waals surface area contributed by atoms with Gasteiger partial charge >= 0.3 is 0 Å². The fourth-order valence-corrected chi connectivity index (χ4v) is 1.94. The van der Waals surface area contributed by atoms with E-state index in [1.54, 1.807) is 6.20 Å². The van der Waals surface area contributed by atoms with Crippen molar-refractivity contribution in [3.8, 4) is 6.07 Å². The second-order valence-electron chi connectivity index (χ2n) is 5.11. The highest BCUT2D eigenvalue weighted by Gasteiger charge is 2.11. The molecule has 0 amide bonds. The molecule has 1 rings (SSSR count). The van der Waals surface area contributed by atoms with Crippen molar-refractivity contribution in [2.75, 3.05) is 18.0 Å². The number of aromatic nitrogens is 1. The lowest BCUT2D eigenvalue weighted by Crippen LogP contribution is -2.28. The van der Waals surface area contributed by atoms with Gasteiger partial charge in [-0.1, -0.05) is 20.8 Å². The third kappa shape index (κ3) is 4.88. The Labute approximate surface area is 115 Å². The Morgan fingerprint density at radius 1 is 1.42 bits per heavy atom. The third-order valence-corrected chi connectivity index (χ3v) is 2.94. The zero-order valence-corrected chi connectivity index (χ0v) is 12.0. The van der Waals surface area contributed by atoms with Crippen molar-refractivity contribution < 1.29 is 5.11 Å². The van der Waals surface area contributed by atoms with Gasteiger partial charge in [0, 0.05) is 13.1 Å². The van der Waals surface area contributed by atoms with Crippen molar-refractivity contribution in [2.45, 2.75) is 39.7 Å². The Morgan fingerprint density at radius 3 is 2.63 bits per heavy atom. The monoisotopic (exact) mass is 261 g/mol. The summed E-state index contributed by atoms with van der Waals surface area (Å²) in [6.07, 6.45) is 2.46. The minimum Gasteiger partial charge on any atom is -0.387 e. The maximum Gasteiger partial charge on any atom is 0.0957 e. The van der Waals surface area contributed by atoms with Gasteiger partial charge in [0.15, 0.2) is 0 Å². The topological polar surface area (TPSA) is 60.1 Å². The van der Waals surface area contributed by atoms with E-state index >= 15 is 0 Å². The van der Waals surface area contributed by atoms with E-state index in [1.165, 1.54) is 0 Å². The maximum absolute atomic E-state index is 9.73. The molecule has 4 nitrogen and oxygen atoms in total. The number of rotatable bonds is 7. The van der Waals surface area contributed by atoms with Gasteiger partial charge < -0.3 is 10.0 Å². The van der Waals surface area contributed by atoms with E-state index in [9.17, 15) is 5.11 Å². The van der Waals surface area contributed by atoms with Crippen LogP contribution < -0.4 is 4.90 Å². The molecule has 0 aliphatic heterocycles. The predicted octanol–water partition coefficient (Wildman–Crippen LogP) is 2.90. The number of aliphatic hydroxyl groups is 1. The Morgan fingerprint density at radius 2 is 2.16 bits per heavy atom. The summed E-state index contributed by atoms with van der Waals surface area (Å²) >= 11 is 0. The smallest absolute Gasteiger partial charge is 0.0957 e. The Hall–Kier alpha value is -1.60. The standard InChI is InChI=1S/C15H23N3O/c1-4-15(19)14-7-6-13(10-17-14)18(9-5-8-16)11-12(2)3/h6-7,10,12,15,19H,4-5,9,11H2,1-3H3. The fourth-order valence-electron chi connectivity index (χ4n) is 1.94. The fraction of sp³-hybridized carbons (Fsp3) is 0.600. The molecule has 0 bridgehead atoms. The average Bonchev–Trinajstić information content (AvgIpc) is 2.42. The van der Waals surface area contributed by atoms with Crippen LogP contribution in [0.3, 0.4) is 0 Å². The average molecular weight is 261 g/mol. The molecular formula is C15H23N3O. The minimum atomic E-state index is -0.494. The summed E-state index contributed by atoms with van der Waals surface area (Å²) in [7, 11) is 0. The van der Waals surface area contributed by atoms with Crippen LogP contribution >= 0.6 is 0 Å². The second kappa shape index (κ2) is 7.75. The zero-order chi connectivity index (χ0) is 14.3. The van der Waals surface area contributed by atoms with Gasteiger partial charge in [0.2, 0.25) is 0 Å². The third-order valence-electron chi connectivity index (χ3n) is 2.94. The van der Waals surface area contributed by atoms with Crippen LogP contribution in [-0.2, 0) is 0 Å². The molecule has 4 heteroatoms. The van der Waals surface area contributed by atoms with Gasteiger partial charge in [-0.3, -0.25) is 4.98 Å². The number of aliphatic hydroxyl groups excluding tert-OH is 1. The van der Waals surface area contributed by atoms with Crippen LogP contribution in [0, 0.1) is 17.2 Å². The molecule has 1 aromatic heterocycles. The van der Waals surface area contributed by atoms with Crippen molar-refractivity contribution in [3.05, 3.63) is 24.0 Å². The van der Waals surface area contributed by atoms with Gasteiger partial charge in [-0.25, -0.2) is 0 Å². The summed E-state index contributed by atoms with van der Waals surface area (Å²) in [5.41, 5.74) is 1.71. The van der Waals surface area contributed by atoms with Crippen molar-refractivity contribution in [1.82, 2.24) is 4.98 Å². The van der Waals surface area contributed by atoms with Crippen molar-refractivity contribution in [3.63, 3.8) is 0 Å². The van der Waals surface area contributed by atoms with Crippen LogP contribution in [0.1, 0.15) is 45.4 Å². The summed E-state index contributed by atoms with van der Waals surface area (Å²) in [4.78, 5) is 6.48. The van der Waals surface area contributed by atoms with E-state index in [-0.39, 0.29) is 0 Å². The number of anilines is 1. The lowest BCUT2D eigenvalue weighted by atomic mass is 10.1. The predicted molar refractivity (Wildman–Crippen MR) is 76.8 cm³/mol. The molecule has 1 heterocycles. The number of hydrogen-bond acceptors (Lipinski definition) is 4. The molecule has 0 aliphatic rings. The number of nitriles is 1. The molecule has 0 saturated carbocycles. The first kappa shape index (κ1) is 15.5. The number of pyridine rings is 1. The normalized spacial score (nSPS) is 12.2. The molecule has 1 aromatic rings. The molecule has 104 valence electrons. The van der Waals surface area contributed by atoms with Crippen molar-refractivity contribution in [1.29, 1.82) is 5.26 Å². The van der Waals surface area contributed by atoms with Gasteiger partial charge in [-0.05, 0) is 24.5 Å².